The van der Waals surface area contributed by atoms with E-state index in [4.69, 9.17) is 0 Å². The first-order valence-electron chi connectivity index (χ1n) is 7.32. The maximum absolute atomic E-state index is 11.2. The molecule has 21 heavy (non-hydrogen) atoms. The molecule has 0 bridgehead atoms. The number of benzene rings is 1. The van der Waals surface area contributed by atoms with E-state index in [1.54, 1.807) is 7.05 Å². The van der Waals surface area contributed by atoms with Gasteiger partial charge in [-0.05, 0) is 30.0 Å². The second kappa shape index (κ2) is 7.57. The zero-order valence-corrected chi connectivity index (χ0v) is 13.6. The van der Waals surface area contributed by atoms with Crippen LogP contribution in [0.25, 0.3) is 0 Å². The number of carbonyl (C=O) groups excluding carboxylic acids is 1. The molecule has 0 saturated heterocycles. The molecular weight excluding hydrogens is 266 g/mol. The standard InChI is InChI=1S/C17H27NO3/c1-17(2,3)13-8-6-12(7-9-13)16(20)14(18-4)10-11-15(19)21-5/h6-9,14,16,18,20H,10-11H2,1-5H3. The number of esters is 1. The summed E-state index contributed by atoms with van der Waals surface area (Å²) in [5.74, 6) is -0.259. The van der Waals surface area contributed by atoms with Gasteiger partial charge in [0.15, 0.2) is 0 Å². The highest BCUT2D eigenvalue weighted by molar-refractivity contribution is 5.69. The van der Waals surface area contributed by atoms with Crippen molar-refractivity contribution in [2.75, 3.05) is 14.2 Å². The van der Waals surface area contributed by atoms with Crippen molar-refractivity contribution in [2.45, 2.75) is 51.2 Å². The monoisotopic (exact) mass is 293 g/mol. The van der Waals surface area contributed by atoms with Crippen molar-refractivity contribution in [3.05, 3.63) is 35.4 Å². The van der Waals surface area contributed by atoms with Gasteiger partial charge < -0.3 is 15.2 Å². The van der Waals surface area contributed by atoms with Gasteiger partial charge in [-0.1, -0.05) is 45.0 Å². The van der Waals surface area contributed by atoms with Gasteiger partial charge >= 0.3 is 5.97 Å². The molecule has 2 N–H and O–H groups in total. The maximum Gasteiger partial charge on any atom is 0.305 e. The summed E-state index contributed by atoms with van der Waals surface area (Å²) >= 11 is 0. The molecule has 2 unspecified atom stereocenters. The Balaban J connectivity index is 2.75. The van der Waals surface area contributed by atoms with Crippen LogP contribution >= 0.6 is 0 Å². The van der Waals surface area contributed by atoms with Gasteiger partial charge in [0, 0.05) is 12.5 Å². The first-order chi connectivity index (χ1) is 9.79. The highest BCUT2D eigenvalue weighted by Gasteiger charge is 2.21. The Morgan fingerprint density at radius 2 is 1.86 bits per heavy atom. The lowest BCUT2D eigenvalue weighted by molar-refractivity contribution is -0.140. The van der Waals surface area contributed by atoms with Crippen LogP contribution in [0.5, 0.6) is 0 Å². The Hall–Kier alpha value is -1.39. The molecule has 0 aliphatic heterocycles. The lowest BCUT2D eigenvalue weighted by atomic mass is 9.86. The van der Waals surface area contributed by atoms with Gasteiger partial charge in [-0.15, -0.1) is 0 Å². The molecule has 1 aromatic carbocycles. The second-order valence-corrected chi connectivity index (χ2v) is 6.33. The molecule has 2 atom stereocenters. The molecule has 0 fully saturated rings. The Labute approximate surface area is 127 Å². The van der Waals surface area contributed by atoms with Crippen molar-refractivity contribution in [1.29, 1.82) is 0 Å². The number of aliphatic hydroxyl groups is 1. The van der Waals surface area contributed by atoms with Crippen LogP contribution < -0.4 is 5.32 Å². The molecule has 0 saturated carbocycles. The summed E-state index contributed by atoms with van der Waals surface area (Å²) in [5.41, 5.74) is 2.18. The fraction of sp³-hybridized carbons (Fsp3) is 0.588. The number of carbonyl (C=O) groups is 1. The van der Waals surface area contributed by atoms with Crippen LogP contribution in [0.2, 0.25) is 0 Å². The molecule has 118 valence electrons. The molecule has 1 rings (SSSR count). The lowest BCUT2D eigenvalue weighted by Crippen LogP contribution is -2.32. The molecule has 0 aliphatic rings. The van der Waals surface area contributed by atoms with Crippen molar-refractivity contribution in [1.82, 2.24) is 5.32 Å². The predicted molar refractivity (Wildman–Crippen MR) is 84.2 cm³/mol. The van der Waals surface area contributed by atoms with E-state index in [0.717, 1.165) is 5.56 Å². The third-order valence-electron chi connectivity index (χ3n) is 3.76. The van der Waals surface area contributed by atoms with E-state index < -0.39 is 6.10 Å². The van der Waals surface area contributed by atoms with Crippen molar-refractivity contribution < 1.29 is 14.6 Å². The summed E-state index contributed by atoms with van der Waals surface area (Å²) in [5, 5.41) is 13.5. The zero-order valence-electron chi connectivity index (χ0n) is 13.6. The van der Waals surface area contributed by atoms with E-state index in [1.807, 2.05) is 24.3 Å². The third kappa shape index (κ3) is 5.14. The first-order valence-corrected chi connectivity index (χ1v) is 7.32. The minimum absolute atomic E-state index is 0.0940. The van der Waals surface area contributed by atoms with E-state index in [0.29, 0.717) is 12.8 Å². The Kier molecular flexibility index (Phi) is 6.37. The largest absolute Gasteiger partial charge is 0.469 e. The summed E-state index contributed by atoms with van der Waals surface area (Å²) < 4.78 is 4.64. The fourth-order valence-corrected chi connectivity index (χ4v) is 2.25. The molecule has 4 nitrogen and oxygen atoms in total. The number of rotatable bonds is 6. The topological polar surface area (TPSA) is 58.6 Å². The molecule has 0 aromatic heterocycles. The smallest absolute Gasteiger partial charge is 0.305 e. The minimum Gasteiger partial charge on any atom is -0.469 e. The molecule has 1 aromatic rings. The molecule has 0 aliphatic carbocycles. The number of methoxy groups -OCH3 is 1. The number of hydrogen-bond acceptors (Lipinski definition) is 4. The number of ether oxygens (including phenoxy) is 1. The highest BCUT2D eigenvalue weighted by atomic mass is 16.5. The Bertz CT molecular complexity index is 448. The molecule has 0 heterocycles. The van der Waals surface area contributed by atoms with Gasteiger partial charge in [0.1, 0.15) is 0 Å². The van der Waals surface area contributed by atoms with Crippen molar-refractivity contribution in [3.8, 4) is 0 Å². The predicted octanol–water partition coefficient (Wildman–Crippen LogP) is 2.56. The first kappa shape index (κ1) is 17.7. The summed E-state index contributed by atoms with van der Waals surface area (Å²) in [4.78, 5) is 11.2. The lowest BCUT2D eigenvalue weighted by Gasteiger charge is -2.24. The van der Waals surface area contributed by atoms with Gasteiger partial charge in [0.2, 0.25) is 0 Å². The quantitative estimate of drug-likeness (QED) is 0.791. The fourth-order valence-electron chi connectivity index (χ4n) is 2.25. The molecular formula is C17H27NO3. The van der Waals surface area contributed by atoms with Gasteiger partial charge in [-0.25, -0.2) is 0 Å². The van der Waals surface area contributed by atoms with Crippen LogP contribution in [0, 0.1) is 0 Å². The van der Waals surface area contributed by atoms with Crippen LogP contribution in [-0.4, -0.2) is 31.3 Å². The van der Waals surface area contributed by atoms with Crippen molar-refractivity contribution >= 4 is 5.97 Å². The minimum atomic E-state index is -0.645. The summed E-state index contributed by atoms with van der Waals surface area (Å²) in [6.07, 6.45) is 0.179. The van der Waals surface area contributed by atoms with Gasteiger partial charge in [0.25, 0.3) is 0 Å². The zero-order chi connectivity index (χ0) is 16.0. The van der Waals surface area contributed by atoms with E-state index in [-0.39, 0.29) is 17.4 Å². The molecule has 0 radical (unpaired) electrons. The normalized spacial score (nSPS) is 14.6. The summed E-state index contributed by atoms with van der Waals surface area (Å²) in [6.45, 7) is 6.47. The SMILES string of the molecule is CNC(CCC(=O)OC)C(O)c1ccc(C(C)(C)C)cc1. The van der Waals surface area contributed by atoms with E-state index in [9.17, 15) is 9.90 Å². The Morgan fingerprint density at radius 1 is 1.29 bits per heavy atom. The van der Waals surface area contributed by atoms with E-state index in [2.05, 4.69) is 30.8 Å². The average molecular weight is 293 g/mol. The molecule has 4 heteroatoms. The Morgan fingerprint density at radius 3 is 2.29 bits per heavy atom. The van der Waals surface area contributed by atoms with Crippen molar-refractivity contribution in [2.24, 2.45) is 0 Å². The van der Waals surface area contributed by atoms with Crippen LogP contribution in [0.15, 0.2) is 24.3 Å². The summed E-state index contributed by atoms with van der Waals surface area (Å²) in [6, 6.07) is 7.82. The maximum atomic E-state index is 11.2. The van der Waals surface area contributed by atoms with Crippen LogP contribution in [-0.2, 0) is 14.9 Å². The third-order valence-corrected chi connectivity index (χ3v) is 3.76. The number of hydrogen-bond donors (Lipinski definition) is 2. The van der Waals surface area contributed by atoms with Gasteiger partial charge in [-0.3, -0.25) is 4.79 Å². The summed E-state index contributed by atoms with van der Waals surface area (Å²) in [7, 11) is 3.16. The van der Waals surface area contributed by atoms with Crippen LogP contribution in [0.4, 0.5) is 0 Å². The van der Waals surface area contributed by atoms with Crippen molar-refractivity contribution in [3.63, 3.8) is 0 Å². The highest BCUT2D eigenvalue weighted by Crippen LogP contribution is 2.25. The van der Waals surface area contributed by atoms with E-state index >= 15 is 0 Å². The van der Waals surface area contributed by atoms with E-state index in [1.165, 1.54) is 12.7 Å². The average Bonchev–Trinajstić information content (AvgIpc) is 2.46. The van der Waals surface area contributed by atoms with Crippen LogP contribution in [0.3, 0.4) is 0 Å². The van der Waals surface area contributed by atoms with Crippen LogP contribution in [0.1, 0.15) is 50.8 Å². The number of nitrogens with one attached hydrogen (secondary N) is 1. The number of aliphatic hydroxyl groups excluding tert-OH is 1. The van der Waals surface area contributed by atoms with Gasteiger partial charge in [0.05, 0.1) is 13.2 Å². The number of likely N-dealkylation sites (N-methyl/N-ethyl adjacent to an activating group) is 1. The second-order valence-electron chi connectivity index (χ2n) is 6.33. The van der Waals surface area contributed by atoms with Gasteiger partial charge in [-0.2, -0.15) is 0 Å². The molecule has 0 amide bonds. The molecule has 0 spiro atoms.